The largest absolute Gasteiger partial charge is 0.321 e. The molecule has 0 spiro atoms. The van der Waals surface area contributed by atoms with Gasteiger partial charge < -0.3 is 5.32 Å². The maximum absolute atomic E-state index is 12.8. The second kappa shape index (κ2) is 10.1. The van der Waals surface area contributed by atoms with Crippen LogP contribution in [0.25, 0.3) is 0 Å². The average Bonchev–Trinajstić information content (AvgIpc) is 2.75. The van der Waals surface area contributed by atoms with Gasteiger partial charge in [0.2, 0.25) is 0 Å². The number of amides is 1. The average molecular weight is 437 g/mol. The number of benzene rings is 3. The van der Waals surface area contributed by atoms with Gasteiger partial charge in [-0.15, -0.1) is 11.8 Å². The zero-order valence-electron chi connectivity index (χ0n) is 16.1. The van der Waals surface area contributed by atoms with Crippen LogP contribution >= 0.6 is 11.8 Å². The molecule has 7 heteroatoms. The number of nitriles is 1. The van der Waals surface area contributed by atoms with Crippen LogP contribution in [0.4, 0.5) is 5.69 Å². The predicted molar refractivity (Wildman–Crippen MR) is 119 cm³/mol. The lowest BCUT2D eigenvalue weighted by atomic mass is 10.1. The summed E-state index contributed by atoms with van der Waals surface area (Å²) in [5.41, 5.74) is 1.59. The number of thioether (sulfide) groups is 1. The quantitative estimate of drug-likeness (QED) is 0.400. The molecule has 0 aliphatic carbocycles. The summed E-state index contributed by atoms with van der Waals surface area (Å²) in [6.45, 7) is 0. The SMILES string of the molecule is N#CCCSc1ccccc1NC(=O)c1cccc(CS(=O)(=O)c2ccccc2)c1. The van der Waals surface area contributed by atoms with Crippen LogP contribution in [0.5, 0.6) is 0 Å². The topological polar surface area (TPSA) is 87.0 Å². The lowest BCUT2D eigenvalue weighted by Gasteiger charge is -2.11. The minimum absolute atomic E-state index is 0.182. The van der Waals surface area contributed by atoms with Crippen molar-refractivity contribution >= 4 is 33.2 Å². The first kappa shape index (κ1) is 21.6. The lowest BCUT2D eigenvalue weighted by molar-refractivity contribution is 0.102. The molecule has 30 heavy (non-hydrogen) atoms. The zero-order chi connectivity index (χ0) is 21.4. The summed E-state index contributed by atoms with van der Waals surface area (Å²) in [7, 11) is -3.50. The second-order valence-electron chi connectivity index (χ2n) is 6.48. The highest BCUT2D eigenvalue weighted by atomic mass is 32.2. The van der Waals surface area contributed by atoms with Crippen molar-refractivity contribution in [3.63, 3.8) is 0 Å². The van der Waals surface area contributed by atoms with Gasteiger partial charge in [-0.1, -0.05) is 42.5 Å². The fourth-order valence-electron chi connectivity index (χ4n) is 2.83. The highest BCUT2D eigenvalue weighted by Gasteiger charge is 2.16. The molecule has 3 aromatic carbocycles. The van der Waals surface area contributed by atoms with Gasteiger partial charge in [0.25, 0.3) is 5.91 Å². The first-order valence-electron chi connectivity index (χ1n) is 9.26. The van der Waals surface area contributed by atoms with Gasteiger partial charge in [0.1, 0.15) is 0 Å². The third kappa shape index (κ3) is 5.72. The summed E-state index contributed by atoms with van der Waals surface area (Å²) >= 11 is 1.50. The Kier molecular flexibility index (Phi) is 7.28. The summed E-state index contributed by atoms with van der Waals surface area (Å²) in [6, 6.07) is 24.4. The Labute approximate surface area is 180 Å². The van der Waals surface area contributed by atoms with E-state index in [9.17, 15) is 13.2 Å². The van der Waals surface area contributed by atoms with Gasteiger partial charge in [0, 0.05) is 22.6 Å². The number of para-hydroxylation sites is 1. The Balaban J connectivity index is 1.75. The number of sulfone groups is 1. The van der Waals surface area contributed by atoms with Crippen molar-refractivity contribution in [2.45, 2.75) is 22.0 Å². The van der Waals surface area contributed by atoms with E-state index < -0.39 is 9.84 Å². The number of hydrogen-bond acceptors (Lipinski definition) is 5. The van der Waals surface area contributed by atoms with Crippen molar-refractivity contribution in [3.05, 3.63) is 90.0 Å². The summed E-state index contributed by atoms with van der Waals surface area (Å²) in [5.74, 6) is 0.136. The Morgan fingerprint density at radius 3 is 2.47 bits per heavy atom. The molecule has 0 unspecified atom stereocenters. The van der Waals surface area contributed by atoms with Crippen molar-refractivity contribution in [1.29, 1.82) is 5.26 Å². The van der Waals surface area contributed by atoms with Crippen LogP contribution in [0, 0.1) is 11.3 Å². The van der Waals surface area contributed by atoms with E-state index in [1.54, 1.807) is 60.7 Å². The first-order valence-corrected chi connectivity index (χ1v) is 11.9. The van der Waals surface area contributed by atoms with Crippen LogP contribution in [-0.4, -0.2) is 20.1 Å². The van der Waals surface area contributed by atoms with Crippen molar-refractivity contribution in [2.75, 3.05) is 11.1 Å². The summed E-state index contributed by atoms with van der Waals surface area (Å²) in [5, 5.41) is 11.6. The van der Waals surface area contributed by atoms with Crippen molar-refractivity contribution in [2.24, 2.45) is 0 Å². The summed E-state index contributed by atoms with van der Waals surface area (Å²) in [6.07, 6.45) is 0.422. The molecule has 5 nitrogen and oxygen atoms in total. The number of nitrogens with one attached hydrogen (secondary N) is 1. The predicted octanol–water partition coefficient (Wildman–Crippen LogP) is 4.92. The highest BCUT2D eigenvalue weighted by molar-refractivity contribution is 7.99. The van der Waals surface area contributed by atoms with Gasteiger partial charge in [-0.3, -0.25) is 4.79 Å². The fourth-order valence-corrected chi connectivity index (χ4v) is 5.05. The van der Waals surface area contributed by atoms with E-state index in [0.717, 1.165) is 4.90 Å². The molecule has 3 rings (SSSR count). The van der Waals surface area contributed by atoms with Gasteiger partial charge in [-0.2, -0.15) is 5.26 Å². The van der Waals surface area contributed by atoms with Crippen LogP contribution in [0.3, 0.4) is 0 Å². The second-order valence-corrected chi connectivity index (χ2v) is 9.61. The van der Waals surface area contributed by atoms with Crippen molar-refractivity contribution in [1.82, 2.24) is 0 Å². The minimum Gasteiger partial charge on any atom is -0.321 e. The molecular formula is C23H20N2O3S2. The number of rotatable bonds is 8. The molecule has 0 heterocycles. The molecule has 0 aliphatic heterocycles. The van der Waals surface area contributed by atoms with Gasteiger partial charge in [-0.25, -0.2) is 8.42 Å². The third-order valence-electron chi connectivity index (χ3n) is 4.25. The summed E-state index contributed by atoms with van der Waals surface area (Å²) in [4.78, 5) is 13.9. The van der Waals surface area contributed by atoms with Gasteiger partial charge in [0.15, 0.2) is 9.84 Å². The van der Waals surface area contributed by atoms with Crippen LogP contribution in [0.15, 0.2) is 88.7 Å². The Hall–Kier alpha value is -3.08. The number of nitrogens with zero attached hydrogens (tertiary/aromatic N) is 1. The van der Waals surface area contributed by atoms with Crippen molar-refractivity contribution < 1.29 is 13.2 Å². The van der Waals surface area contributed by atoms with E-state index in [0.29, 0.717) is 29.0 Å². The molecule has 0 bridgehead atoms. The van der Waals surface area contributed by atoms with Crippen LogP contribution in [-0.2, 0) is 15.6 Å². The van der Waals surface area contributed by atoms with Crippen LogP contribution in [0.1, 0.15) is 22.3 Å². The zero-order valence-corrected chi connectivity index (χ0v) is 17.7. The Morgan fingerprint density at radius 1 is 0.967 bits per heavy atom. The molecule has 0 saturated heterocycles. The van der Waals surface area contributed by atoms with E-state index in [-0.39, 0.29) is 16.6 Å². The van der Waals surface area contributed by atoms with E-state index in [4.69, 9.17) is 5.26 Å². The molecule has 0 fully saturated rings. The van der Waals surface area contributed by atoms with E-state index in [2.05, 4.69) is 11.4 Å². The maximum atomic E-state index is 12.8. The smallest absolute Gasteiger partial charge is 0.255 e. The van der Waals surface area contributed by atoms with Gasteiger partial charge >= 0.3 is 0 Å². The maximum Gasteiger partial charge on any atom is 0.255 e. The van der Waals surface area contributed by atoms with Crippen molar-refractivity contribution in [3.8, 4) is 6.07 Å². The lowest BCUT2D eigenvalue weighted by Crippen LogP contribution is -2.13. The molecule has 0 aromatic heterocycles. The van der Waals surface area contributed by atoms with E-state index in [1.165, 1.54) is 11.8 Å². The molecular weight excluding hydrogens is 416 g/mol. The highest BCUT2D eigenvalue weighted by Crippen LogP contribution is 2.28. The molecule has 1 N–H and O–H groups in total. The van der Waals surface area contributed by atoms with Gasteiger partial charge in [0.05, 0.1) is 22.4 Å². The Bertz CT molecular complexity index is 1170. The molecule has 1 amide bonds. The third-order valence-corrected chi connectivity index (χ3v) is 7.03. The number of carbonyl (C=O) groups excluding carboxylic acids is 1. The number of carbonyl (C=O) groups is 1. The number of hydrogen-bond donors (Lipinski definition) is 1. The molecule has 0 aliphatic rings. The molecule has 0 saturated carbocycles. The molecule has 152 valence electrons. The van der Waals surface area contributed by atoms with E-state index >= 15 is 0 Å². The number of anilines is 1. The van der Waals surface area contributed by atoms with Crippen LogP contribution < -0.4 is 5.32 Å². The van der Waals surface area contributed by atoms with Crippen LogP contribution in [0.2, 0.25) is 0 Å². The fraction of sp³-hybridized carbons (Fsp3) is 0.130. The summed E-state index contributed by atoms with van der Waals surface area (Å²) < 4.78 is 25.2. The van der Waals surface area contributed by atoms with Gasteiger partial charge in [-0.05, 0) is 42.0 Å². The minimum atomic E-state index is -3.50. The standard InChI is InChI=1S/C23H20N2O3S2/c24-14-7-15-29-22-13-5-4-12-21(22)25-23(26)19-9-6-8-18(16-19)17-30(27,28)20-10-2-1-3-11-20/h1-6,8-13,16H,7,15,17H2,(H,25,26). The molecule has 3 aromatic rings. The monoisotopic (exact) mass is 436 g/mol. The first-order chi connectivity index (χ1) is 14.5. The molecule has 0 radical (unpaired) electrons. The Morgan fingerprint density at radius 2 is 1.70 bits per heavy atom. The normalized spacial score (nSPS) is 10.9. The molecule has 0 atom stereocenters. The van der Waals surface area contributed by atoms with E-state index in [1.807, 2.05) is 18.2 Å².